The van der Waals surface area contributed by atoms with E-state index >= 15 is 0 Å². The van der Waals surface area contributed by atoms with Gasteiger partial charge in [-0.25, -0.2) is 0 Å². The highest BCUT2D eigenvalue weighted by molar-refractivity contribution is 5.47. The fraction of sp³-hybridized carbons (Fsp3) is 0.217. The number of hydrogen-bond donors (Lipinski definition) is 0. The van der Waals surface area contributed by atoms with Crippen LogP contribution >= 0.6 is 0 Å². The van der Waals surface area contributed by atoms with Gasteiger partial charge in [0.1, 0.15) is 23.0 Å². The van der Waals surface area contributed by atoms with Gasteiger partial charge in [0.05, 0.1) is 0 Å². The Labute approximate surface area is 150 Å². The van der Waals surface area contributed by atoms with Gasteiger partial charge in [-0.1, -0.05) is 44.2 Å². The lowest BCUT2D eigenvalue weighted by Gasteiger charge is -2.14. The first-order valence-electron chi connectivity index (χ1n) is 8.82. The summed E-state index contributed by atoms with van der Waals surface area (Å²) in [7, 11) is 0. The summed E-state index contributed by atoms with van der Waals surface area (Å²) in [5, 5.41) is 0. The number of aryl methyl sites for hydroxylation is 2. The molecule has 0 aliphatic heterocycles. The molecule has 0 saturated heterocycles. The van der Waals surface area contributed by atoms with Gasteiger partial charge < -0.3 is 9.47 Å². The Balaban J connectivity index is 1.78. The molecule has 0 unspecified atom stereocenters. The van der Waals surface area contributed by atoms with Crippen molar-refractivity contribution in [3.05, 3.63) is 83.4 Å². The Morgan fingerprint density at radius 2 is 1.00 bits per heavy atom. The average Bonchev–Trinajstić information content (AvgIpc) is 2.66. The number of rotatable bonds is 6. The molecule has 3 rings (SSSR count). The second-order valence-electron chi connectivity index (χ2n) is 6.08. The lowest BCUT2D eigenvalue weighted by atomic mass is 10.1. The molecule has 0 heterocycles. The van der Waals surface area contributed by atoms with Gasteiger partial charge in [-0.2, -0.15) is 0 Å². The maximum atomic E-state index is 6.04. The highest BCUT2D eigenvalue weighted by atomic mass is 16.5. The molecule has 128 valence electrons. The van der Waals surface area contributed by atoms with Crippen LogP contribution in [0.25, 0.3) is 0 Å². The number of hydrogen-bond acceptors (Lipinski definition) is 2. The van der Waals surface area contributed by atoms with E-state index in [1.54, 1.807) is 0 Å². The van der Waals surface area contributed by atoms with E-state index in [0.29, 0.717) is 0 Å². The standard InChI is InChI=1S/C23H24O2/c1-4-18-9-13-20(14-10-18)24-22-7-6-8-23(17(22)3)25-21-15-11-19(5-2)12-16-21/h6-16H,4-5H2,1-3H3. The quantitative estimate of drug-likeness (QED) is 0.500. The first kappa shape index (κ1) is 17.1. The van der Waals surface area contributed by atoms with Crippen molar-refractivity contribution in [3.63, 3.8) is 0 Å². The average molecular weight is 332 g/mol. The Morgan fingerprint density at radius 1 is 0.600 bits per heavy atom. The van der Waals surface area contributed by atoms with Crippen molar-refractivity contribution >= 4 is 0 Å². The zero-order valence-corrected chi connectivity index (χ0v) is 15.1. The van der Waals surface area contributed by atoms with E-state index in [9.17, 15) is 0 Å². The van der Waals surface area contributed by atoms with Crippen molar-refractivity contribution in [3.8, 4) is 23.0 Å². The largest absolute Gasteiger partial charge is 0.457 e. The van der Waals surface area contributed by atoms with Crippen LogP contribution in [0.2, 0.25) is 0 Å². The SMILES string of the molecule is CCc1ccc(Oc2cccc(Oc3ccc(CC)cc3)c2C)cc1. The summed E-state index contributed by atoms with van der Waals surface area (Å²) in [6, 6.07) is 22.3. The third-order valence-corrected chi connectivity index (χ3v) is 4.35. The van der Waals surface area contributed by atoms with Crippen molar-refractivity contribution in [2.75, 3.05) is 0 Å². The minimum atomic E-state index is 0.812. The van der Waals surface area contributed by atoms with Gasteiger partial charge in [-0.15, -0.1) is 0 Å². The molecule has 0 radical (unpaired) electrons. The number of ether oxygens (including phenoxy) is 2. The summed E-state index contributed by atoms with van der Waals surface area (Å²) in [5.41, 5.74) is 3.59. The third-order valence-electron chi connectivity index (χ3n) is 4.35. The minimum absolute atomic E-state index is 0.812. The molecule has 0 amide bonds. The van der Waals surface area contributed by atoms with Crippen LogP contribution < -0.4 is 9.47 Å². The molecule has 2 heteroatoms. The highest BCUT2D eigenvalue weighted by Gasteiger charge is 2.08. The summed E-state index contributed by atoms with van der Waals surface area (Å²) >= 11 is 0. The van der Waals surface area contributed by atoms with Gasteiger partial charge in [-0.3, -0.25) is 0 Å². The summed E-state index contributed by atoms with van der Waals surface area (Å²) in [4.78, 5) is 0. The zero-order valence-electron chi connectivity index (χ0n) is 15.1. The van der Waals surface area contributed by atoms with Crippen LogP contribution in [0.4, 0.5) is 0 Å². The fourth-order valence-corrected chi connectivity index (χ4v) is 2.66. The summed E-state index contributed by atoms with van der Waals surface area (Å²) in [6.07, 6.45) is 2.05. The van der Waals surface area contributed by atoms with Crippen LogP contribution in [-0.4, -0.2) is 0 Å². The monoisotopic (exact) mass is 332 g/mol. The molecule has 0 N–H and O–H groups in total. The van der Waals surface area contributed by atoms with Gasteiger partial charge in [0.2, 0.25) is 0 Å². The number of benzene rings is 3. The first-order valence-corrected chi connectivity index (χ1v) is 8.82. The van der Waals surface area contributed by atoms with Gasteiger partial charge in [0, 0.05) is 5.56 Å². The zero-order chi connectivity index (χ0) is 17.6. The molecule has 0 bridgehead atoms. The van der Waals surface area contributed by atoms with E-state index in [1.807, 2.05) is 49.4 Å². The van der Waals surface area contributed by atoms with Crippen LogP contribution in [-0.2, 0) is 12.8 Å². The smallest absolute Gasteiger partial charge is 0.134 e. The van der Waals surface area contributed by atoms with Crippen molar-refractivity contribution < 1.29 is 9.47 Å². The van der Waals surface area contributed by atoms with Crippen molar-refractivity contribution in [1.82, 2.24) is 0 Å². The highest BCUT2D eigenvalue weighted by Crippen LogP contribution is 2.34. The topological polar surface area (TPSA) is 18.5 Å². The Morgan fingerprint density at radius 3 is 1.36 bits per heavy atom. The first-order chi connectivity index (χ1) is 12.2. The molecule has 0 fully saturated rings. The van der Waals surface area contributed by atoms with Gasteiger partial charge in [0.15, 0.2) is 0 Å². The molecule has 0 aliphatic carbocycles. The van der Waals surface area contributed by atoms with Crippen LogP contribution in [0.15, 0.2) is 66.7 Å². The van der Waals surface area contributed by atoms with E-state index in [1.165, 1.54) is 11.1 Å². The predicted molar refractivity (Wildman–Crippen MR) is 103 cm³/mol. The lowest BCUT2D eigenvalue weighted by Crippen LogP contribution is -1.92. The van der Waals surface area contributed by atoms with Crippen molar-refractivity contribution in [2.24, 2.45) is 0 Å². The van der Waals surface area contributed by atoms with E-state index in [0.717, 1.165) is 41.4 Å². The van der Waals surface area contributed by atoms with E-state index in [-0.39, 0.29) is 0 Å². The third kappa shape index (κ3) is 4.21. The van der Waals surface area contributed by atoms with Gasteiger partial charge in [0.25, 0.3) is 0 Å². The van der Waals surface area contributed by atoms with Crippen molar-refractivity contribution in [1.29, 1.82) is 0 Å². The second kappa shape index (κ2) is 7.89. The summed E-state index contributed by atoms with van der Waals surface area (Å²) in [5.74, 6) is 3.30. The molecule has 2 nitrogen and oxygen atoms in total. The summed E-state index contributed by atoms with van der Waals surface area (Å²) < 4.78 is 12.1. The molecule has 25 heavy (non-hydrogen) atoms. The molecule has 0 aromatic heterocycles. The Kier molecular flexibility index (Phi) is 5.39. The van der Waals surface area contributed by atoms with E-state index in [4.69, 9.17) is 9.47 Å². The van der Waals surface area contributed by atoms with Gasteiger partial charge in [-0.05, 0) is 67.3 Å². The molecule has 3 aromatic carbocycles. The lowest BCUT2D eigenvalue weighted by molar-refractivity contribution is 0.453. The summed E-state index contributed by atoms with van der Waals surface area (Å²) in [6.45, 7) is 6.31. The van der Waals surface area contributed by atoms with Crippen LogP contribution in [0, 0.1) is 6.92 Å². The predicted octanol–water partition coefficient (Wildman–Crippen LogP) is 6.70. The molecule has 3 aromatic rings. The molecular weight excluding hydrogens is 308 g/mol. The van der Waals surface area contributed by atoms with E-state index < -0.39 is 0 Å². The molecule has 0 spiro atoms. The van der Waals surface area contributed by atoms with Crippen LogP contribution in [0.1, 0.15) is 30.5 Å². The minimum Gasteiger partial charge on any atom is -0.457 e. The molecule has 0 saturated carbocycles. The molecule has 0 aliphatic rings. The fourth-order valence-electron chi connectivity index (χ4n) is 2.66. The normalized spacial score (nSPS) is 10.5. The maximum Gasteiger partial charge on any atom is 0.134 e. The maximum absolute atomic E-state index is 6.04. The molecule has 0 atom stereocenters. The molecular formula is C23H24O2. The Bertz CT molecular complexity index is 750. The van der Waals surface area contributed by atoms with E-state index in [2.05, 4.69) is 38.1 Å². The van der Waals surface area contributed by atoms with Crippen LogP contribution in [0.3, 0.4) is 0 Å². The van der Waals surface area contributed by atoms with Crippen LogP contribution in [0.5, 0.6) is 23.0 Å². The second-order valence-corrected chi connectivity index (χ2v) is 6.08. The van der Waals surface area contributed by atoms with Gasteiger partial charge >= 0.3 is 0 Å². The van der Waals surface area contributed by atoms with Crippen molar-refractivity contribution in [2.45, 2.75) is 33.6 Å². The Hall–Kier alpha value is -2.74.